The molecule has 5 heteroatoms. The summed E-state index contributed by atoms with van der Waals surface area (Å²) in [6.07, 6.45) is 1.32. The molecule has 1 rings (SSSR count). The Hall–Kier alpha value is -2.04. The third kappa shape index (κ3) is 4.62. The molecule has 1 unspecified atom stereocenters. The molecule has 0 radical (unpaired) electrons. The van der Waals surface area contributed by atoms with Gasteiger partial charge in [-0.05, 0) is 37.5 Å². The molecule has 1 atom stereocenters. The van der Waals surface area contributed by atoms with Crippen LogP contribution in [0.4, 0.5) is 5.69 Å². The number of carbonyl (C=O) groups excluding carboxylic acids is 1. The minimum atomic E-state index is -0.784. The SMILES string of the molecule is Cc1ccc(C(N)=O)c(NCCCC(C)C(=O)O)c1. The molecule has 1 amide bonds. The molecule has 0 fully saturated rings. The fourth-order valence-electron chi connectivity index (χ4n) is 1.77. The van der Waals surface area contributed by atoms with Crippen molar-refractivity contribution in [2.75, 3.05) is 11.9 Å². The highest BCUT2D eigenvalue weighted by molar-refractivity contribution is 5.98. The average molecular weight is 264 g/mol. The van der Waals surface area contributed by atoms with Crippen molar-refractivity contribution in [3.63, 3.8) is 0 Å². The minimum Gasteiger partial charge on any atom is -0.481 e. The molecule has 19 heavy (non-hydrogen) atoms. The van der Waals surface area contributed by atoms with Crippen LogP contribution in [0.25, 0.3) is 0 Å². The normalized spacial score (nSPS) is 11.9. The predicted octanol–water partition coefficient (Wildman–Crippen LogP) is 2.01. The summed E-state index contributed by atoms with van der Waals surface area (Å²) in [6, 6.07) is 5.39. The molecule has 0 aliphatic rings. The number of carboxylic acid groups (broad SMARTS) is 1. The fourth-order valence-corrected chi connectivity index (χ4v) is 1.77. The van der Waals surface area contributed by atoms with Crippen LogP contribution in [0.15, 0.2) is 18.2 Å². The first-order valence-electron chi connectivity index (χ1n) is 6.29. The number of rotatable bonds is 7. The van der Waals surface area contributed by atoms with Gasteiger partial charge in [0.25, 0.3) is 5.91 Å². The van der Waals surface area contributed by atoms with E-state index in [1.165, 1.54) is 0 Å². The topological polar surface area (TPSA) is 92.4 Å². The highest BCUT2D eigenvalue weighted by atomic mass is 16.4. The van der Waals surface area contributed by atoms with E-state index in [-0.39, 0.29) is 5.92 Å². The van der Waals surface area contributed by atoms with Crippen LogP contribution >= 0.6 is 0 Å². The summed E-state index contributed by atoms with van der Waals surface area (Å²) in [6.45, 7) is 4.23. The van der Waals surface area contributed by atoms with Gasteiger partial charge in [0, 0.05) is 12.2 Å². The van der Waals surface area contributed by atoms with Gasteiger partial charge in [-0.3, -0.25) is 9.59 Å². The Balaban J connectivity index is 2.55. The van der Waals surface area contributed by atoms with Crippen molar-refractivity contribution in [1.82, 2.24) is 0 Å². The van der Waals surface area contributed by atoms with E-state index in [4.69, 9.17) is 10.8 Å². The van der Waals surface area contributed by atoms with Crippen molar-refractivity contribution in [3.05, 3.63) is 29.3 Å². The molecule has 1 aromatic rings. The number of nitrogens with two attached hydrogens (primary N) is 1. The summed E-state index contributed by atoms with van der Waals surface area (Å²) in [5, 5.41) is 11.9. The van der Waals surface area contributed by atoms with Gasteiger partial charge < -0.3 is 16.2 Å². The molecule has 5 nitrogen and oxygen atoms in total. The van der Waals surface area contributed by atoms with Gasteiger partial charge in [0.05, 0.1) is 11.5 Å². The minimum absolute atomic E-state index is 0.352. The summed E-state index contributed by atoms with van der Waals surface area (Å²) in [7, 11) is 0. The first-order chi connectivity index (χ1) is 8.91. The number of amides is 1. The van der Waals surface area contributed by atoms with Crippen LogP contribution in [-0.4, -0.2) is 23.5 Å². The Labute approximate surface area is 112 Å². The number of primary amides is 1. The number of carbonyl (C=O) groups is 2. The maximum absolute atomic E-state index is 11.3. The number of anilines is 1. The van der Waals surface area contributed by atoms with Gasteiger partial charge in [0.15, 0.2) is 0 Å². The van der Waals surface area contributed by atoms with Crippen molar-refractivity contribution in [1.29, 1.82) is 0 Å². The van der Waals surface area contributed by atoms with Crippen LogP contribution in [0.1, 0.15) is 35.7 Å². The summed E-state index contributed by atoms with van der Waals surface area (Å²) >= 11 is 0. The van der Waals surface area contributed by atoms with E-state index >= 15 is 0 Å². The van der Waals surface area contributed by atoms with Gasteiger partial charge in [0.2, 0.25) is 0 Å². The Morgan fingerprint density at radius 3 is 2.68 bits per heavy atom. The molecule has 0 saturated heterocycles. The van der Waals surface area contributed by atoms with Crippen molar-refractivity contribution < 1.29 is 14.7 Å². The number of aryl methyl sites for hydroxylation is 1. The zero-order valence-corrected chi connectivity index (χ0v) is 11.3. The van der Waals surface area contributed by atoms with E-state index in [9.17, 15) is 9.59 Å². The molecule has 0 heterocycles. The summed E-state index contributed by atoms with van der Waals surface area (Å²) in [5.74, 6) is -1.61. The van der Waals surface area contributed by atoms with Crippen molar-refractivity contribution in [2.45, 2.75) is 26.7 Å². The van der Waals surface area contributed by atoms with Crippen LogP contribution < -0.4 is 11.1 Å². The fraction of sp³-hybridized carbons (Fsp3) is 0.429. The molecule has 0 aliphatic carbocycles. The molecule has 1 aromatic carbocycles. The highest BCUT2D eigenvalue weighted by Gasteiger charge is 2.11. The number of hydrogen-bond acceptors (Lipinski definition) is 3. The number of hydrogen-bond donors (Lipinski definition) is 3. The summed E-state index contributed by atoms with van der Waals surface area (Å²) in [4.78, 5) is 21.9. The zero-order valence-electron chi connectivity index (χ0n) is 11.3. The lowest BCUT2D eigenvalue weighted by atomic mass is 10.1. The molecular weight excluding hydrogens is 244 g/mol. The second-order valence-electron chi connectivity index (χ2n) is 4.72. The average Bonchev–Trinajstić information content (AvgIpc) is 2.33. The van der Waals surface area contributed by atoms with Gasteiger partial charge in [-0.15, -0.1) is 0 Å². The largest absolute Gasteiger partial charge is 0.481 e. The van der Waals surface area contributed by atoms with Crippen LogP contribution in [0, 0.1) is 12.8 Å². The maximum Gasteiger partial charge on any atom is 0.306 e. The maximum atomic E-state index is 11.3. The second kappa shape index (κ2) is 6.78. The van der Waals surface area contributed by atoms with Gasteiger partial charge >= 0.3 is 5.97 Å². The summed E-state index contributed by atoms with van der Waals surface area (Å²) < 4.78 is 0. The van der Waals surface area contributed by atoms with Crippen molar-refractivity contribution in [2.24, 2.45) is 11.7 Å². The summed E-state index contributed by atoms with van der Waals surface area (Å²) in [5.41, 5.74) is 7.49. The van der Waals surface area contributed by atoms with Gasteiger partial charge in [0.1, 0.15) is 0 Å². The number of nitrogens with one attached hydrogen (secondary N) is 1. The molecule has 4 N–H and O–H groups in total. The number of benzene rings is 1. The zero-order chi connectivity index (χ0) is 14.4. The molecule has 0 aliphatic heterocycles. The molecule has 0 aromatic heterocycles. The second-order valence-corrected chi connectivity index (χ2v) is 4.72. The first-order valence-corrected chi connectivity index (χ1v) is 6.29. The monoisotopic (exact) mass is 264 g/mol. The van der Waals surface area contributed by atoms with Gasteiger partial charge in [-0.25, -0.2) is 0 Å². The van der Waals surface area contributed by atoms with E-state index in [1.807, 2.05) is 19.1 Å². The van der Waals surface area contributed by atoms with Crippen LogP contribution in [0.2, 0.25) is 0 Å². The lowest BCUT2D eigenvalue weighted by Gasteiger charge is -2.12. The Kier molecular flexibility index (Phi) is 5.36. The first kappa shape index (κ1) is 15.0. The Bertz CT molecular complexity index is 472. The molecular formula is C14H20N2O3. The third-order valence-electron chi connectivity index (χ3n) is 2.99. The standard InChI is InChI=1S/C14H20N2O3/c1-9-5-6-11(13(15)17)12(8-9)16-7-3-4-10(2)14(18)19/h5-6,8,10,16H,3-4,7H2,1-2H3,(H2,15,17)(H,18,19). The molecule has 0 bridgehead atoms. The van der Waals surface area contributed by atoms with E-state index in [0.29, 0.717) is 24.2 Å². The number of carboxylic acids is 1. The van der Waals surface area contributed by atoms with Crippen molar-refractivity contribution >= 4 is 17.6 Å². The smallest absolute Gasteiger partial charge is 0.306 e. The van der Waals surface area contributed by atoms with Crippen LogP contribution in [-0.2, 0) is 4.79 Å². The number of aliphatic carboxylic acids is 1. The van der Waals surface area contributed by atoms with E-state index in [0.717, 1.165) is 12.0 Å². The molecule has 104 valence electrons. The van der Waals surface area contributed by atoms with E-state index < -0.39 is 11.9 Å². The van der Waals surface area contributed by atoms with Crippen LogP contribution in [0.3, 0.4) is 0 Å². The van der Waals surface area contributed by atoms with E-state index in [2.05, 4.69) is 5.32 Å². The van der Waals surface area contributed by atoms with Crippen LogP contribution in [0.5, 0.6) is 0 Å². The van der Waals surface area contributed by atoms with E-state index in [1.54, 1.807) is 13.0 Å². The van der Waals surface area contributed by atoms with Gasteiger partial charge in [-0.1, -0.05) is 13.0 Å². The van der Waals surface area contributed by atoms with Gasteiger partial charge in [-0.2, -0.15) is 0 Å². The Morgan fingerprint density at radius 2 is 2.11 bits per heavy atom. The third-order valence-corrected chi connectivity index (χ3v) is 2.99. The molecule has 0 saturated carbocycles. The lowest BCUT2D eigenvalue weighted by molar-refractivity contribution is -0.141. The Morgan fingerprint density at radius 1 is 1.42 bits per heavy atom. The quantitative estimate of drug-likeness (QED) is 0.657. The highest BCUT2D eigenvalue weighted by Crippen LogP contribution is 2.17. The lowest BCUT2D eigenvalue weighted by Crippen LogP contribution is -2.16. The predicted molar refractivity (Wildman–Crippen MR) is 74.2 cm³/mol. The molecule has 0 spiro atoms. The van der Waals surface area contributed by atoms with Crippen molar-refractivity contribution in [3.8, 4) is 0 Å².